The van der Waals surface area contributed by atoms with Gasteiger partial charge in [0.1, 0.15) is 17.8 Å². The number of aromatic nitrogens is 5. The minimum atomic E-state index is 0.0360. The summed E-state index contributed by atoms with van der Waals surface area (Å²) in [5, 5.41) is 16.2. The summed E-state index contributed by atoms with van der Waals surface area (Å²) < 4.78 is 2.27. The molecule has 160 valence electrons. The highest BCUT2D eigenvalue weighted by Crippen LogP contribution is 2.56. The van der Waals surface area contributed by atoms with Crippen LogP contribution in [-0.4, -0.2) is 48.9 Å². The third-order valence-corrected chi connectivity index (χ3v) is 7.75. The van der Waals surface area contributed by atoms with Gasteiger partial charge >= 0.3 is 0 Å². The second-order valence-corrected chi connectivity index (χ2v) is 9.75. The van der Waals surface area contributed by atoms with Crippen LogP contribution < -0.4 is 0 Å². The van der Waals surface area contributed by atoms with Crippen molar-refractivity contribution in [3.05, 3.63) is 53.2 Å². The van der Waals surface area contributed by atoms with E-state index in [1.165, 1.54) is 30.4 Å². The highest BCUT2D eigenvalue weighted by Gasteiger charge is 2.54. The van der Waals surface area contributed by atoms with Crippen molar-refractivity contribution >= 4 is 5.91 Å². The topological polar surface area (TPSA) is 79.7 Å². The molecule has 6 rings (SSSR count). The summed E-state index contributed by atoms with van der Waals surface area (Å²) in [6, 6.07) is 8.73. The van der Waals surface area contributed by atoms with E-state index < -0.39 is 0 Å². The van der Waals surface area contributed by atoms with Gasteiger partial charge in [-0.15, -0.1) is 10.2 Å². The fourth-order valence-electron chi connectivity index (χ4n) is 5.40. The number of benzene rings is 1. The van der Waals surface area contributed by atoms with Crippen LogP contribution >= 0.6 is 0 Å². The SMILES string of the molecule is Cc1ccc(-c2cc(C(=O)N3CC(c4nncn4C4CC4)C4(CCC4)C3)[nH]n2)cc1C. The van der Waals surface area contributed by atoms with Gasteiger partial charge in [0.15, 0.2) is 0 Å². The molecule has 7 nitrogen and oxygen atoms in total. The van der Waals surface area contributed by atoms with Crippen LogP contribution in [0.5, 0.6) is 0 Å². The number of likely N-dealkylation sites (tertiary alicyclic amines) is 1. The predicted octanol–water partition coefficient (Wildman–Crippen LogP) is 4.03. The molecule has 3 aliphatic rings. The second kappa shape index (κ2) is 6.77. The fraction of sp³-hybridized carbons (Fsp3) is 0.500. The molecule has 0 bridgehead atoms. The molecule has 2 aliphatic carbocycles. The van der Waals surface area contributed by atoms with Crippen LogP contribution in [0.25, 0.3) is 11.3 Å². The van der Waals surface area contributed by atoms with E-state index in [-0.39, 0.29) is 17.2 Å². The van der Waals surface area contributed by atoms with Crippen molar-refractivity contribution in [1.82, 2.24) is 29.9 Å². The van der Waals surface area contributed by atoms with Gasteiger partial charge < -0.3 is 9.47 Å². The van der Waals surface area contributed by atoms with Crippen LogP contribution in [-0.2, 0) is 0 Å². The summed E-state index contributed by atoms with van der Waals surface area (Å²) in [6.45, 7) is 5.71. The summed E-state index contributed by atoms with van der Waals surface area (Å²) in [6.07, 6.45) is 7.86. The fourth-order valence-corrected chi connectivity index (χ4v) is 5.40. The Kier molecular flexibility index (Phi) is 4.10. The van der Waals surface area contributed by atoms with Crippen molar-refractivity contribution in [3.8, 4) is 11.3 Å². The van der Waals surface area contributed by atoms with Gasteiger partial charge in [-0.25, -0.2) is 0 Å². The average Bonchev–Trinajstić information content (AvgIpc) is 3.17. The van der Waals surface area contributed by atoms with Gasteiger partial charge in [0, 0.05) is 30.6 Å². The Labute approximate surface area is 181 Å². The number of H-pyrrole nitrogens is 1. The van der Waals surface area contributed by atoms with E-state index in [1.54, 1.807) is 0 Å². The van der Waals surface area contributed by atoms with E-state index in [9.17, 15) is 4.79 Å². The maximum Gasteiger partial charge on any atom is 0.271 e. The molecule has 3 fully saturated rings. The van der Waals surface area contributed by atoms with Crippen LogP contribution in [0.2, 0.25) is 0 Å². The van der Waals surface area contributed by atoms with Gasteiger partial charge in [0.2, 0.25) is 0 Å². The molecule has 1 saturated heterocycles. The molecular formula is C24H28N6O. The van der Waals surface area contributed by atoms with Gasteiger partial charge in [-0.2, -0.15) is 5.10 Å². The molecule has 7 heteroatoms. The highest BCUT2D eigenvalue weighted by molar-refractivity contribution is 5.93. The van der Waals surface area contributed by atoms with Crippen LogP contribution in [0.4, 0.5) is 0 Å². The van der Waals surface area contributed by atoms with Crippen molar-refractivity contribution in [2.75, 3.05) is 13.1 Å². The molecule has 0 radical (unpaired) electrons. The smallest absolute Gasteiger partial charge is 0.271 e. The van der Waals surface area contributed by atoms with E-state index in [0.29, 0.717) is 18.3 Å². The molecule has 2 aromatic heterocycles. The molecule has 1 atom stereocenters. The lowest BCUT2D eigenvalue weighted by Gasteiger charge is -2.42. The van der Waals surface area contributed by atoms with E-state index in [1.807, 2.05) is 17.3 Å². The molecule has 1 spiro atoms. The first kappa shape index (κ1) is 18.8. The Hall–Kier alpha value is -2.96. The zero-order valence-corrected chi connectivity index (χ0v) is 18.1. The van der Waals surface area contributed by atoms with E-state index in [0.717, 1.165) is 36.5 Å². The summed E-state index contributed by atoms with van der Waals surface area (Å²) >= 11 is 0. The summed E-state index contributed by atoms with van der Waals surface area (Å²) in [5.74, 6) is 1.39. The summed E-state index contributed by atoms with van der Waals surface area (Å²) in [7, 11) is 0. The van der Waals surface area contributed by atoms with Crippen molar-refractivity contribution in [1.29, 1.82) is 0 Å². The third-order valence-electron chi connectivity index (χ3n) is 7.75. The van der Waals surface area contributed by atoms with Crippen LogP contribution in [0, 0.1) is 19.3 Å². The lowest BCUT2D eigenvalue weighted by atomic mass is 9.62. The predicted molar refractivity (Wildman–Crippen MR) is 117 cm³/mol. The molecule has 3 aromatic rings. The lowest BCUT2D eigenvalue weighted by Crippen LogP contribution is -2.38. The monoisotopic (exact) mass is 416 g/mol. The third kappa shape index (κ3) is 3.01. The Balaban J connectivity index is 1.26. The molecule has 31 heavy (non-hydrogen) atoms. The van der Waals surface area contributed by atoms with Crippen LogP contribution in [0.1, 0.15) is 71.5 Å². The number of rotatable bonds is 4. The molecule has 1 aromatic carbocycles. The Morgan fingerprint density at radius 1 is 1.16 bits per heavy atom. The van der Waals surface area contributed by atoms with E-state index in [2.05, 4.69) is 57.0 Å². The van der Waals surface area contributed by atoms with Crippen molar-refractivity contribution < 1.29 is 4.79 Å². The normalized spacial score (nSPS) is 22.1. The second-order valence-electron chi connectivity index (χ2n) is 9.75. The molecule has 1 amide bonds. The number of nitrogens with zero attached hydrogens (tertiary/aromatic N) is 5. The highest BCUT2D eigenvalue weighted by atomic mass is 16.2. The molecule has 1 unspecified atom stereocenters. The quantitative estimate of drug-likeness (QED) is 0.696. The number of aromatic amines is 1. The zero-order chi connectivity index (χ0) is 21.2. The first-order valence-corrected chi connectivity index (χ1v) is 11.4. The molecule has 1 aliphatic heterocycles. The van der Waals surface area contributed by atoms with E-state index >= 15 is 0 Å². The Bertz CT molecular complexity index is 1150. The Morgan fingerprint density at radius 3 is 2.71 bits per heavy atom. The van der Waals surface area contributed by atoms with Crippen LogP contribution in [0.3, 0.4) is 0 Å². The maximum absolute atomic E-state index is 13.4. The van der Waals surface area contributed by atoms with Gasteiger partial charge in [0.05, 0.1) is 5.69 Å². The minimum absolute atomic E-state index is 0.0360. The minimum Gasteiger partial charge on any atom is -0.336 e. The van der Waals surface area contributed by atoms with Gasteiger partial charge in [-0.3, -0.25) is 9.89 Å². The Morgan fingerprint density at radius 2 is 2.00 bits per heavy atom. The van der Waals surface area contributed by atoms with Crippen molar-refractivity contribution in [2.24, 2.45) is 5.41 Å². The van der Waals surface area contributed by atoms with Crippen molar-refractivity contribution in [2.45, 2.75) is 57.9 Å². The lowest BCUT2D eigenvalue weighted by molar-refractivity contribution is 0.0717. The van der Waals surface area contributed by atoms with Crippen LogP contribution in [0.15, 0.2) is 30.6 Å². The first-order chi connectivity index (χ1) is 15.0. The van der Waals surface area contributed by atoms with Gasteiger partial charge in [-0.05, 0) is 68.2 Å². The largest absolute Gasteiger partial charge is 0.336 e. The van der Waals surface area contributed by atoms with Gasteiger partial charge in [-0.1, -0.05) is 18.6 Å². The average molecular weight is 417 g/mol. The molecule has 3 heterocycles. The molecular weight excluding hydrogens is 388 g/mol. The number of amides is 1. The van der Waals surface area contributed by atoms with E-state index in [4.69, 9.17) is 0 Å². The first-order valence-electron chi connectivity index (χ1n) is 11.4. The molecule has 2 saturated carbocycles. The molecule has 1 N–H and O–H groups in total. The summed E-state index contributed by atoms with van der Waals surface area (Å²) in [5.41, 5.74) is 5.05. The van der Waals surface area contributed by atoms with Crippen molar-refractivity contribution in [3.63, 3.8) is 0 Å². The number of carbonyl (C=O) groups excluding carboxylic acids is 1. The van der Waals surface area contributed by atoms with Gasteiger partial charge in [0.25, 0.3) is 5.91 Å². The number of aryl methyl sites for hydroxylation is 2. The number of carbonyl (C=O) groups is 1. The number of hydrogen-bond acceptors (Lipinski definition) is 4. The summed E-state index contributed by atoms with van der Waals surface area (Å²) in [4.78, 5) is 15.4. The number of nitrogens with one attached hydrogen (secondary N) is 1. The zero-order valence-electron chi connectivity index (χ0n) is 18.1. The standard InChI is InChI=1S/C24H28N6O/c1-15-4-5-17(10-16(15)2)20-11-21(27-26-20)23(31)29-12-19(24(13-29)8-3-9-24)22-28-25-14-30(22)18-6-7-18/h4-5,10-11,14,18-19H,3,6-9,12-13H2,1-2H3,(H,26,27). The maximum atomic E-state index is 13.4. The number of hydrogen-bond donors (Lipinski definition) is 1.